The van der Waals surface area contributed by atoms with Crippen LogP contribution in [0.4, 0.5) is 0 Å². The van der Waals surface area contributed by atoms with Gasteiger partial charge in [-0.05, 0) is 23.4 Å². The highest BCUT2D eigenvalue weighted by atomic mass is 32.2. The molecule has 0 aliphatic carbocycles. The van der Waals surface area contributed by atoms with Gasteiger partial charge in [0.2, 0.25) is 10.0 Å². The van der Waals surface area contributed by atoms with Crippen LogP contribution in [0.2, 0.25) is 0 Å². The molecule has 0 unspecified atom stereocenters. The van der Waals surface area contributed by atoms with Gasteiger partial charge in [-0.2, -0.15) is 4.31 Å². The van der Waals surface area contributed by atoms with Crippen LogP contribution in [0.3, 0.4) is 0 Å². The quantitative estimate of drug-likeness (QED) is 0.679. The van der Waals surface area contributed by atoms with Gasteiger partial charge in [0.25, 0.3) is 0 Å². The molecule has 5 nitrogen and oxygen atoms in total. The van der Waals surface area contributed by atoms with E-state index in [1.54, 1.807) is 16.4 Å². The molecule has 0 saturated carbocycles. The second kappa shape index (κ2) is 8.63. The number of sulfonamides is 1. The number of fused-ring (bicyclic) bond motifs is 1. The van der Waals surface area contributed by atoms with Gasteiger partial charge in [-0.25, -0.2) is 8.42 Å². The van der Waals surface area contributed by atoms with E-state index < -0.39 is 10.0 Å². The van der Waals surface area contributed by atoms with Crippen molar-refractivity contribution < 1.29 is 13.5 Å². The number of aliphatic hydroxyl groups excluding tert-OH is 1. The van der Waals surface area contributed by atoms with Crippen molar-refractivity contribution in [2.75, 3.05) is 32.8 Å². The molecule has 0 radical (unpaired) electrons. The van der Waals surface area contributed by atoms with Gasteiger partial charge in [-0.15, -0.1) is 0 Å². The summed E-state index contributed by atoms with van der Waals surface area (Å²) < 4.78 is 28.2. The largest absolute Gasteiger partial charge is 0.395 e. The molecule has 0 spiro atoms. The lowest BCUT2D eigenvalue weighted by molar-refractivity contribution is 0.0903. The lowest BCUT2D eigenvalue weighted by Gasteiger charge is -2.38. The zero-order chi connectivity index (χ0) is 20.3. The summed E-state index contributed by atoms with van der Waals surface area (Å²) in [5, 5.41) is 11.6. The van der Waals surface area contributed by atoms with Crippen molar-refractivity contribution in [2.45, 2.75) is 17.4 Å². The van der Waals surface area contributed by atoms with E-state index in [-0.39, 0.29) is 12.6 Å². The van der Waals surface area contributed by atoms with Crippen LogP contribution in [0.1, 0.15) is 5.56 Å². The zero-order valence-corrected chi connectivity index (χ0v) is 17.1. The van der Waals surface area contributed by atoms with Crippen molar-refractivity contribution in [1.82, 2.24) is 9.21 Å². The fraction of sp³-hybridized carbons (Fsp3) is 0.304. The first-order valence-corrected chi connectivity index (χ1v) is 11.4. The highest BCUT2D eigenvalue weighted by Gasteiger charge is 2.31. The monoisotopic (exact) mass is 410 g/mol. The second-order valence-electron chi connectivity index (χ2n) is 7.44. The van der Waals surface area contributed by atoms with Crippen LogP contribution in [0.5, 0.6) is 0 Å². The summed E-state index contributed by atoms with van der Waals surface area (Å²) in [5.41, 5.74) is 1.18. The maximum atomic E-state index is 13.3. The fourth-order valence-electron chi connectivity index (χ4n) is 4.06. The predicted molar refractivity (Wildman–Crippen MR) is 115 cm³/mol. The van der Waals surface area contributed by atoms with E-state index in [2.05, 4.69) is 17.0 Å². The number of aliphatic hydroxyl groups is 1. The third-order valence-corrected chi connectivity index (χ3v) is 7.64. The molecule has 6 heteroatoms. The van der Waals surface area contributed by atoms with Gasteiger partial charge in [-0.1, -0.05) is 66.7 Å². The Kier molecular flexibility index (Phi) is 5.96. The van der Waals surface area contributed by atoms with Gasteiger partial charge >= 0.3 is 0 Å². The molecule has 3 aromatic carbocycles. The molecule has 4 rings (SSSR count). The Morgan fingerprint density at radius 2 is 1.48 bits per heavy atom. The summed E-state index contributed by atoms with van der Waals surface area (Å²) >= 11 is 0. The Morgan fingerprint density at radius 1 is 0.828 bits per heavy atom. The number of piperazine rings is 1. The number of hydrogen-bond acceptors (Lipinski definition) is 4. The van der Waals surface area contributed by atoms with E-state index in [0.717, 1.165) is 17.2 Å². The molecule has 152 valence electrons. The van der Waals surface area contributed by atoms with Gasteiger partial charge < -0.3 is 5.11 Å². The van der Waals surface area contributed by atoms with E-state index in [4.69, 9.17) is 0 Å². The van der Waals surface area contributed by atoms with Gasteiger partial charge in [0.15, 0.2) is 0 Å². The third-order valence-electron chi connectivity index (χ3n) is 5.68. The van der Waals surface area contributed by atoms with Crippen molar-refractivity contribution in [1.29, 1.82) is 0 Å². The van der Waals surface area contributed by atoms with Crippen LogP contribution in [0.15, 0.2) is 77.7 Å². The van der Waals surface area contributed by atoms with Crippen molar-refractivity contribution in [2.24, 2.45) is 0 Å². The lowest BCUT2D eigenvalue weighted by Crippen LogP contribution is -2.53. The summed E-state index contributed by atoms with van der Waals surface area (Å²) in [6.07, 6.45) is 0.757. The Labute approximate surface area is 172 Å². The molecule has 0 aromatic heterocycles. The van der Waals surface area contributed by atoms with E-state index in [0.29, 0.717) is 31.1 Å². The first-order valence-electron chi connectivity index (χ1n) is 9.96. The number of nitrogens with zero attached hydrogens (tertiary/aromatic N) is 2. The minimum Gasteiger partial charge on any atom is -0.395 e. The number of rotatable bonds is 6. The average Bonchev–Trinajstić information content (AvgIpc) is 2.78. The zero-order valence-electron chi connectivity index (χ0n) is 16.3. The number of benzene rings is 3. The van der Waals surface area contributed by atoms with Crippen LogP contribution < -0.4 is 0 Å². The summed E-state index contributed by atoms with van der Waals surface area (Å²) in [4.78, 5) is 2.56. The molecule has 1 atom stereocenters. The molecule has 1 aliphatic rings. The SMILES string of the molecule is O=S(=O)(c1cccc2ccccc12)N1CCN([C@@H](CO)Cc2ccccc2)CC1. The molecular formula is C23H26N2O3S. The molecule has 1 fully saturated rings. The Balaban J connectivity index is 1.48. The Morgan fingerprint density at radius 3 is 2.21 bits per heavy atom. The molecule has 0 amide bonds. The van der Waals surface area contributed by atoms with Crippen molar-refractivity contribution in [3.05, 3.63) is 78.4 Å². The normalized spacial score (nSPS) is 17.4. The minimum atomic E-state index is -3.56. The van der Waals surface area contributed by atoms with Crippen LogP contribution in [-0.4, -0.2) is 61.6 Å². The van der Waals surface area contributed by atoms with Crippen LogP contribution in [-0.2, 0) is 16.4 Å². The van der Waals surface area contributed by atoms with E-state index in [1.165, 1.54) is 5.56 Å². The van der Waals surface area contributed by atoms with Gasteiger partial charge in [0.05, 0.1) is 11.5 Å². The van der Waals surface area contributed by atoms with E-state index in [1.807, 2.05) is 48.5 Å². The first-order chi connectivity index (χ1) is 14.1. The minimum absolute atomic E-state index is 0.000176. The van der Waals surface area contributed by atoms with Crippen LogP contribution in [0, 0.1) is 0 Å². The molecule has 1 saturated heterocycles. The van der Waals surface area contributed by atoms with Crippen molar-refractivity contribution >= 4 is 20.8 Å². The molecule has 1 heterocycles. The molecular weight excluding hydrogens is 384 g/mol. The summed E-state index contributed by atoms with van der Waals surface area (Å²) in [7, 11) is -3.56. The lowest BCUT2D eigenvalue weighted by atomic mass is 10.0. The van der Waals surface area contributed by atoms with Crippen LogP contribution >= 0.6 is 0 Å². The Hall–Kier alpha value is -2.25. The molecule has 1 aliphatic heterocycles. The smallest absolute Gasteiger partial charge is 0.243 e. The van der Waals surface area contributed by atoms with E-state index >= 15 is 0 Å². The standard InChI is InChI=1S/C23H26N2O3S/c26-18-21(17-19-7-2-1-3-8-19)24-13-15-25(16-14-24)29(27,28)23-12-6-10-20-9-4-5-11-22(20)23/h1-12,21,26H,13-18H2/t21-/m1/s1. The summed E-state index contributed by atoms with van der Waals surface area (Å²) in [6.45, 7) is 2.14. The highest BCUT2D eigenvalue weighted by molar-refractivity contribution is 7.89. The first kappa shape index (κ1) is 20.0. The average molecular weight is 411 g/mol. The summed E-state index contributed by atoms with van der Waals surface area (Å²) in [5.74, 6) is 0. The molecule has 1 N–H and O–H groups in total. The van der Waals surface area contributed by atoms with E-state index in [9.17, 15) is 13.5 Å². The highest BCUT2D eigenvalue weighted by Crippen LogP contribution is 2.26. The van der Waals surface area contributed by atoms with Gasteiger partial charge in [0.1, 0.15) is 0 Å². The summed E-state index contributed by atoms with van der Waals surface area (Å²) in [6, 6.07) is 23.1. The third kappa shape index (κ3) is 4.21. The van der Waals surface area contributed by atoms with Crippen molar-refractivity contribution in [3.8, 4) is 0 Å². The maximum absolute atomic E-state index is 13.3. The molecule has 0 bridgehead atoms. The Bertz CT molecular complexity index is 1060. The van der Waals surface area contributed by atoms with Gasteiger partial charge in [0, 0.05) is 37.6 Å². The topological polar surface area (TPSA) is 60.9 Å². The molecule has 3 aromatic rings. The fourth-order valence-corrected chi connectivity index (χ4v) is 5.70. The van der Waals surface area contributed by atoms with Crippen molar-refractivity contribution in [3.63, 3.8) is 0 Å². The molecule has 29 heavy (non-hydrogen) atoms. The maximum Gasteiger partial charge on any atom is 0.243 e. The van der Waals surface area contributed by atoms with Crippen LogP contribution in [0.25, 0.3) is 10.8 Å². The number of hydrogen-bond donors (Lipinski definition) is 1. The van der Waals surface area contributed by atoms with Gasteiger partial charge in [-0.3, -0.25) is 4.90 Å². The predicted octanol–water partition coefficient (Wildman–Crippen LogP) is 2.75. The second-order valence-corrected chi connectivity index (χ2v) is 9.35.